The molecular formula is C14H17F3O2. The molecule has 0 aliphatic heterocycles. The molecule has 0 fully saturated rings. The number of ketones is 1. The van der Waals surface area contributed by atoms with Crippen molar-refractivity contribution < 1.29 is 22.7 Å². The quantitative estimate of drug-likeness (QED) is 0.578. The molecule has 0 spiro atoms. The van der Waals surface area contributed by atoms with Gasteiger partial charge in [-0.2, -0.15) is 13.2 Å². The fraction of sp³-hybridized carbons (Fsp3) is 0.500. The molecule has 0 unspecified atom stereocenters. The molecule has 0 heterocycles. The van der Waals surface area contributed by atoms with Gasteiger partial charge in [0.2, 0.25) is 0 Å². The smallest absolute Gasteiger partial charge is 0.382 e. The summed E-state index contributed by atoms with van der Waals surface area (Å²) >= 11 is 0. The van der Waals surface area contributed by atoms with Crippen LogP contribution in [0.2, 0.25) is 0 Å². The van der Waals surface area contributed by atoms with Crippen molar-refractivity contribution in [3.63, 3.8) is 0 Å². The summed E-state index contributed by atoms with van der Waals surface area (Å²) in [6, 6.07) is 3.21. The van der Waals surface area contributed by atoms with E-state index in [4.69, 9.17) is 4.74 Å². The Labute approximate surface area is 110 Å². The number of halogens is 3. The van der Waals surface area contributed by atoms with Gasteiger partial charge < -0.3 is 4.74 Å². The molecule has 0 aromatic heterocycles. The Kier molecular flexibility index (Phi) is 5.54. The van der Waals surface area contributed by atoms with Crippen LogP contribution >= 0.6 is 0 Å². The van der Waals surface area contributed by atoms with Gasteiger partial charge in [-0.05, 0) is 38.0 Å². The Morgan fingerprint density at radius 3 is 2.53 bits per heavy atom. The number of alkyl halides is 3. The third-order valence-electron chi connectivity index (χ3n) is 2.75. The molecule has 0 amide bonds. The SMILES string of the molecule is CCOCCCC(=O)c1ccc(C(F)(F)F)cc1C. The van der Waals surface area contributed by atoms with E-state index in [2.05, 4.69) is 0 Å². The molecule has 0 bridgehead atoms. The molecule has 0 radical (unpaired) electrons. The predicted octanol–water partition coefficient (Wildman–Crippen LogP) is 4.01. The third-order valence-corrected chi connectivity index (χ3v) is 2.75. The Hall–Kier alpha value is -1.36. The first kappa shape index (κ1) is 15.7. The van der Waals surface area contributed by atoms with Gasteiger partial charge in [-0.15, -0.1) is 0 Å². The van der Waals surface area contributed by atoms with E-state index in [9.17, 15) is 18.0 Å². The normalized spacial score (nSPS) is 11.6. The lowest BCUT2D eigenvalue weighted by Crippen LogP contribution is -2.08. The van der Waals surface area contributed by atoms with Crippen LogP contribution in [-0.2, 0) is 10.9 Å². The van der Waals surface area contributed by atoms with Crippen LogP contribution in [0.4, 0.5) is 13.2 Å². The third kappa shape index (κ3) is 4.67. The van der Waals surface area contributed by atoms with Crippen molar-refractivity contribution >= 4 is 5.78 Å². The van der Waals surface area contributed by atoms with Crippen LogP contribution in [0.15, 0.2) is 18.2 Å². The minimum Gasteiger partial charge on any atom is -0.382 e. The highest BCUT2D eigenvalue weighted by atomic mass is 19.4. The largest absolute Gasteiger partial charge is 0.416 e. The Morgan fingerprint density at radius 1 is 1.32 bits per heavy atom. The van der Waals surface area contributed by atoms with Gasteiger partial charge in [-0.25, -0.2) is 0 Å². The minimum absolute atomic E-state index is 0.147. The molecule has 5 heteroatoms. The second-order valence-corrected chi connectivity index (χ2v) is 4.25. The highest BCUT2D eigenvalue weighted by molar-refractivity contribution is 5.97. The standard InChI is InChI=1S/C14H17F3O2/c1-3-19-8-4-5-13(18)12-7-6-11(9-10(12)2)14(15,16)17/h6-7,9H,3-5,8H2,1-2H3. The fourth-order valence-corrected chi connectivity index (χ4v) is 1.77. The molecule has 0 atom stereocenters. The molecule has 0 aliphatic rings. The van der Waals surface area contributed by atoms with Gasteiger partial charge in [0.1, 0.15) is 0 Å². The van der Waals surface area contributed by atoms with Crippen LogP contribution in [0.3, 0.4) is 0 Å². The van der Waals surface area contributed by atoms with E-state index < -0.39 is 11.7 Å². The maximum absolute atomic E-state index is 12.5. The Bertz CT molecular complexity index is 439. The molecular weight excluding hydrogens is 257 g/mol. The van der Waals surface area contributed by atoms with Crippen LogP contribution in [0.5, 0.6) is 0 Å². The van der Waals surface area contributed by atoms with Gasteiger partial charge in [0.25, 0.3) is 0 Å². The maximum atomic E-state index is 12.5. The van der Waals surface area contributed by atoms with Gasteiger partial charge >= 0.3 is 6.18 Å². The summed E-state index contributed by atoms with van der Waals surface area (Å²) < 4.78 is 42.6. The molecule has 0 aliphatic carbocycles. The summed E-state index contributed by atoms with van der Waals surface area (Å²) in [5.41, 5.74) is -0.0170. The van der Waals surface area contributed by atoms with Crippen LogP contribution < -0.4 is 0 Å². The van der Waals surface area contributed by atoms with E-state index in [1.807, 2.05) is 6.92 Å². The highest BCUT2D eigenvalue weighted by Crippen LogP contribution is 2.30. The summed E-state index contributed by atoms with van der Waals surface area (Å²) in [5, 5.41) is 0. The van der Waals surface area contributed by atoms with Gasteiger partial charge in [0, 0.05) is 25.2 Å². The lowest BCUT2D eigenvalue weighted by Gasteiger charge is -2.10. The minimum atomic E-state index is -4.37. The maximum Gasteiger partial charge on any atom is 0.416 e. The first-order chi connectivity index (χ1) is 8.86. The summed E-state index contributed by atoms with van der Waals surface area (Å²) in [7, 11) is 0. The second-order valence-electron chi connectivity index (χ2n) is 4.25. The number of Topliss-reactive ketones (excluding diaryl/α,β-unsaturated/α-hetero) is 1. The number of rotatable bonds is 6. The number of ether oxygens (including phenoxy) is 1. The number of benzene rings is 1. The average molecular weight is 274 g/mol. The zero-order valence-corrected chi connectivity index (χ0v) is 11.0. The van der Waals surface area contributed by atoms with Gasteiger partial charge in [0.15, 0.2) is 5.78 Å². The zero-order valence-electron chi connectivity index (χ0n) is 11.0. The summed E-state index contributed by atoms with van der Waals surface area (Å²) in [4.78, 5) is 11.9. The lowest BCUT2D eigenvalue weighted by atomic mass is 9.99. The van der Waals surface area contributed by atoms with Crippen molar-refractivity contribution in [2.24, 2.45) is 0 Å². The highest BCUT2D eigenvalue weighted by Gasteiger charge is 2.30. The summed E-state index contributed by atoms with van der Waals surface area (Å²) in [5.74, 6) is -0.147. The van der Waals surface area contributed by atoms with Crippen molar-refractivity contribution in [1.29, 1.82) is 0 Å². The van der Waals surface area contributed by atoms with E-state index in [1.165, 1.54) is 13.0 Å². The van der Waals surface area contributed by atoms with E-state index >= 15 is 0 Å². The molecule has 1 aromatic carbocycles. The summed E-state index contributed by atoms with van der Waals surface area (Å²) in [6.45, 7) is 4.46. The number of carbonyl (C=O) groups excluding carboxylic acids is 1. The number of carbonyl (C=O) groups is 1. The Balaban J connectivity index is 2.71. The van der Waals surface area contributed by atoms with Crippen molar-refractivity contribution in [3.05, 3.63) is 34.9 Å². The van der Waals surface area contributed by atoms with Gasteiger partial charge in [-0.3, -0.25) is 4.79 Å². The molecule has 0 saturated carbocycles. The van der Waals surface area contributed by atoms with Crippen LogP contribution in [0.1, 0.15) is 41.3 Å². The predicted molar refractivity (Wildman–Crippen MR) is 66.2 cm³/mol. The first-order valence-electron chi connectivity index (χ1n) is 6.15. The van der Waals surface area contributed by atoms with Crippen LogP contribution in [-0.4, -0.2) is 19.0 Å². The molecule has 2 nitrogen and oxygen atoms in total. The fourth-order valence-electron chi connectivity index (χ4n) is 1.77. The number of hydrogen-bond acceptors (Lipinski definition) is 2. The monoisotopic (exact) mass is 274 g/mol. The molecule has 0 saturated heterocycles. The van der Waals surface area contributed by atoms with Crippen molar-refractivity contribution in [1.82, 2.24) is 0 Å². The van der Waals surface area contributed by atoms with Crippen molar-refractivity contribution in [3.8, 4) is 0 Å². The molecule has 19 heavy (non-hydrogen) atoms. The molecule has 1 aromatic rings. The van der Waals surface area contributed by atoms with E-state index in [-0.39, 0.29) is 12.2 Å². The van der Waals surface area contributed by atoms with Crippen LogP contribution in [0.25, 0.3) is 0 Å². The molecule has 0 N–H and O–H groups in total. The zero-order chi connectivity index (χ0) is 14.5. The van der Waals surface area contributed by atoms with E-state index in [0.29, 0.717) is 30.8 Å². The Morgan fingerprint density at radius 2 is 2.00 bits per heavy atom. The van der Waals surface area contributed by atoms with Gasteiger partial charge in [0.05, 0.1) is 5.56 Å². The number of hydrogen-bond donors (Lipinski definition) is 0. The van der Waals surface area contributed by atoms with Crippen molar-refractivity contribution in [2.75, 3.05) is 13.2 Å². The lowest BCUT2D eigenvalue weighted by molar-refractivity contribution is -0.137. The second kappa shape index (κ2) is 6.70. The van der Waals surface area contributed by atoms with Crippen molar-refractivity contribution in [2.45, 2.75) is 32.9 Å². The van der Waals surface area contributed by atoms with E-state index in [1.54, 1.807) is 0 Å². The topological polar surface area (TPSA) is 26.3 Å². The molecule has 106 valence electrons. The van der Waals surface area contributed by atoms with Gasteiger partial charge in [-0.1, -0.05) is 6.07 Å². The first-order valence-corrected chi connectivity index (χ1v) is 6.15. The average Bonchev–Trinajstić information content (AvgIpc) is 2.33. The summed E-state index contributed by atoms with van der Waals surface area (Å²) in [6.07, 6.45) is -3.51. The van der Waals surface area contributed by atoms with E-state index in [0.717, 1.165) is 12.1 Å². The van der Waals surface area contributed by atoms with Crippen LogP contribution in [0, 0.1) is 6.92 Å². The number of aryl methyl sites for hydroxylation is 1. The molecule has 1 rings (SSSR count).